The molecule has 0 radical (unpaired) electrons. The van der Waals surface area contributed by atoms with Crippen molar-refractivity contribution >= 4 is 22.7 Å². The van der Waals surface area contributed by atoms with E-state index < -0.39 is 0 Å². The number of aromatic nitrogens is 1. The number of pyridine rings is 1. The van der Waals surface area contributed by atoms with Crippen molar-refractivity contribution in [2.24, 2.45) is 4.99 Å². The molecule has 2 N–H and O–H groups in total. The molecule has 0 aliphatic rings. The number of rotatable bonds is 8. The highest BCUT2D eigenvalue weighted by molar-refractivity contribution is 5.85. The maximum atomic E-state index is 5.44. The topological polar surface area (TPSA) is 80.2 Å². The second-order valence-electron chi connectivity index (χ2n) is 7.36. The summed E-state index contributed by atoms with van der Waals surface area (Å²) in [5.41, 5.74) is 3.10. The minimum absolute atomic E-state index is 0.538. The van der Waals surface area contributed by atoms with Crippen molar-refractivity contribution in [1.82, 2.24) is 15.6 Å². The van der Waals surface area contributed by atoms with Crippen LogP contribution in [0.5, 0.6) is 17.2 Å². The van der Waals surface area contributed by atoms with Crippen LogP contribution in [0, 0.1) is 0 Å². The first kappa shape index (κ1) is 23.0. The Bertz CT molecular complexity index is 1070. The van der Waals surface area contributed by atoms with Crippen molar-refractivity contribution in [2.45, 2.75) is 13.1 Å². The zero-order valence-electron chi connectivity index (χ0n) is 19.5. The van der Waals surface area contributed by atoms with Crippen molar-refractivity contribution < 1.29 is 14.2 Å². The standard InChI is InChI=1S/C24H31N5O3/c1-25-24(26-14-16-11-20(30-4)23(32-6)21(12-16)31-5)27-15-17-13-22(29(2)3)28-19-10-8-7-9-18(17)19/h7-13H,14-15H2,1-6H3,(H2,25,26,27). The fourth-order valence-electron chi connectivity index (χ4n) is 3.43. The van der Waals surface area contributed by atoms with Crippen LogP contribution < -0.4 is 29.7 Å². The number of nitrogens with one attached hydrogen (secondary N) is 2. The van der Waals surface area contributed by atoms with Gasteiger partial charge in [0.2, 0.25) is 5.75 Å². The molecule has 1 aromatic heterocycles. The summed E-state index contributed by atoms with van der Waals surface area (Å²) in [6.07, 6.45) is 0. The predicted octanol–water partition coefficient (Wildman–Crippen LogP) is 3.19. The number of para-hydroxylation sites is 1. The van der Waals surface area contributed by atoms with E-state index in [1.807, 2.05) is 49.3 Å². The maximum Gasteiger partial charge on any atom is 0.203 e. The summed E-state index contributed by atoms with van der Waals surface area (Å²) in [6.45, 7) is 1.15. The van der Waals surface area contributed by atoms with Gasteiger partial charge in [-0.2, -0.15) is 0 Å². The van der Waals surface area contributed by atoms with Gasteiger partial charge in [-0.1, -0.05) is 18.2 Å². The summed E-state index contributed by atoms with van der Waals surface area (Å²) in [7, 11) is 10.5. The summed E-state index contributed by atoms with van der Waals surface area (Å²) in [4.78, 5) is 11.1. The number of guanidine groups is 1. The Labute approximate surface area is 189 Å². The lowest BCUT2D eigenvalue weighted by molar-refractivity contribution is 0.323. The van der Waals surface area contributed by atoms with Crippen molar-refractivity contribution in [2.75, 3.05) is 47.4 Å². The molecular formula is C24H31N5O3. The number of hydrogen-bond donors (Lipinski definition) is 2. The van der Waals surface area contributed by atoms with Crippen LogP contribution in [0.1, 0.15) is 11.1 Å². The molecule has 0 saturated heterocycles. The Morgan fingerprint density at radius 3 is 2.19 bits per heavy atom. The number of benzene rings is 2. The number of fused-ring (bicyclic) bond motifs is 1. The molecule has 0 atom stereocenters. The van der Waals surface area contributed by atoms with Crippen LogP contribution in [0.4, 0.5) is 5.82 Å². The predicted molar refractivity (Wildman–Crippen MR) is 129 cm³/mol. The number of anilines is 1. The van der Waals surface area contributed by atoms with Gasteiger partial charge in [-0.15, -0.1) is 0 Å². The molecule has 0 bridgehead atoms. The van der Waals surface area contributed by atoms with Gasteiger partial charge in [-0.3, -0.25) is 4.99 Å². The molecule has 0 saturated carbocycles. The summed E-state index contributed by atoms with van der Waals surface area (Å²) < 4.78 is 16.3. The number of ether oxygens (including phenoxy) is 3. The van der Waals surface area contributed by atoms with E-state index in [0.29, 0.717) is 36.3 Å². The highest BCUT2D eigenvalue weighted by atomic mass is 16.5. The number of nitrogens with zero attached hydrogens (tertiary/aromatic N) is 3. The van der Waals surface area contributed by atoms with Crippen LogP contribution in [0.3, 0.4) is 0 Å². The van der Waals surface area contributed by atoms with Gasteiger partial charge in [0.25, 0.3) is 0 Å². The summed E-state index contributed by atoms with van der Waals surface area (Å²) in [5.74, 6) is 3.41. The van der Waals surface area contributed by atoms with E-state index >= 15 is 0 Å². The van der Waals surface area contributed by atoms with E-state index in [1.165, 1.54) is 0 Å². The lowest BCUT2D eigenvalue weighted by Crippen LogP contribution is -2.36. The first-order valence-electron chi connectivity index (χ1n) is 10.3. The SMILES string of the molecule is CN=C(NCc1cc(OC)c(OC)c(OC)c1)NCc1cc(N(C)C)nc2ccccc12. The molecule has 0 aliphatic heterocycles. The number of methoxy groups -OCH3 is 3. The molecule has 170 valence electrons. The van der Waals surface area contributed by atoms with Crippen LogP contribution in [-0.4, -0.2) is 53.4 Å². The van der Waals surface area contributed by atoms with Crippen molar-refractivity contribution in [3.63, 3.8) is 0 Å². The molecule has 3 rings (SSSR count). The zero-order valence-corrected chi connectivity index (χ0v) is 19.5. The molecule has 1 heterocycles. The molecule has 8 nitrogen and oxygen atoms in total. The maximum absolute atomic E-state index is 5.44. The quantitative estimate of drug-likeness (QED) is 0.414. The molecule has 0 amide bonds. The van der Waals surface area contributed by atoms with Crippen LogP contribution in [0.25, 0.3) is 10.9 Å². The third-order valence-corrected chi connectivity index (χ3v) is 5.10. The van der Waals surface area contributed by atoms with Crippen LogP contribution in [0.2, 0.25) is 0 Å². The van der Waals surface area contributed by atoms with E-state index in [9.17, 15) is 0 Å². The number of hydrogen-bond acceptors (Lipinski definition) is 6. The van der Waals surface area contributed by atoms with Gasteiger partial charge in [0.05, 0.1) is 26.8 Å². The van der Waals surface area contributed by atoms with Crippen LogP contribution in [-0.2, 0) is 13.1 Å². The largest absolute Gasteiger partial charge is 0.493 e. The van der Waals surface area contributed by atoms with E-state index in [4.69, 9.17) is 19.2 Å². The van der Waals surface area contributed by atoms with Gasteiger partial charge in [-0.25, -0.2) is 4.98 Å². The summed E-state index contributed by atoms with van der Waals surface area (Å²) in [6, 6.07) is 14.1. The molecular weight excluding hydrogens is 406 g/mol. The summed E-state index contributed by atoms with van der Waals surface area (Å²) >= 11 is 0. The highest BCUT2D eigenvalue weighted by Gasteiger charge is 2.13. The molecule has 2 aromatic carbocycles. The van der Waals surface area contributed by atoms with Gasteiger partial charge >= 0.3 is 0 Å². The van der Waals surface area contributed by atoms with Crippen LogP contribution >= 0.6 is 0 Å². The Balaban J connectivity index is 1.74. The fourth-order valence-corrected chi connectivity index (χ4v) is 3.43. The molecule has 0 spiro atoms. The second-order valence-corrected chi connectivity index (χ2v) is 7.36. The first-order chi connectivity index (χ1) is 15.5. The van der Waals surface area contributed by atoms with Crippen molar-refractivity contribution in [1.29, 1.82) is 0 Å². The molecule has 8 heteroatoms. The monoisotopic (exact) mass is 437 g/mol. The molecule has 0 aliphatic carbocycles. The highest BCUT2D eigenvalue weighted by Crippen LogP contribution is 2.38. The lowest BCUT2D eigenvalue weighted by atomic mass is 10.1. The molecule has 0 fully saturated rings. The van der Waals surface area contributed by atoms with Gasteiger partial charge in [-0.05, 0) is 35.4 Å². The minimum Gasteiger partial charge on any atom is -0.493 e. The van der Waals surface area contributed by atoms with Gasteiger partial charge in [0, 0.05) is 39.6 Å². The van der Waals surface area contributed by atoms with Crippen molar-refractivity contribution in [3.05, 3.63) is 53.6 Å². The third-order valence-electron chi connectivity index (χ3n) is 5.10. The fraction of sp³-hybridized carbons (Fsp3) is 0.333. The minimum atomic E-state index is 0.538. The Hall–Kier alpha value is -3.68. The van der Waals surface area contributed by atoms with E-state index in [0.717, 1.165) is 27.8 Å². The van der Waals surface area contributed by atoms with E-state index in [2.05, 4.69) is 27.8 Å². The lowest BCUT2D eigenvalue weighted by Gasteiger charge is -2.17. The average Bonchev–Trinajstić information content (AvgIpc) is 2.82. The molecule has 3 aromatic rings. The van der Waals surface area contributed by atoms with Crippen LogP contribution in [0.15, 0.2) is 47.5 Å². The van der Waals surface area contributed by atoms with Crippen molar-refractivity contribution in [3.8, 4) is 17.2 Å². The Kier molecular flexibility index (Phi) is 7.59. The van der Waals surface area contributed by atoms with Gasteiger partial charge in [0.1, 0.15) is 5.82 Å². The van der Waals surface area contributed by atoms with Gasteiger partial charge < -0.3 is 29.7 Å². The Morgan fingerprint density at radius 1 is 0.938 bits per heavy atom. The second kappa shape index (κ2) is 10.6. The van der Waals surface area contributed by atoms with E-state index in [-0.39, 0.29) is 0 Å². The smallest absolute Gasteiger partial charge is 0.203 e. The molecule has 0 unspecified atom stereocenters. The average molecular weight is 438 g/mol. The third kappa shape index (κ3) is 5.14. The number of aliphatic imine (C=N–C) groups is 1. The molecule has 32 heavy (non-hydrogen) atoms. The normalized spacial score (nSPS) is 11.2. The summed E-state index contributed by atoms with van der Waals surface area (Å²) in [5, 5.41) is 7.86. The van der Waals surface area contributed by atoms with Gasteiger partial charge in [0.15, 0.2) is 17.5 Å². The zero-order chi connectivity index (χ0) is 23.1. The Morgan fingerprint density at radius 2 is 1.59 bits per heavy atom. The van der Waals surface area contributed by atoms with E-state index in [1.54, 1.807) is 28.4 Å². The first-order valence-corrected chi connectivity index (χ1v) is 10.3.